The van der Waals surface area contributed by atoms with Crippen molar-refractivity contribution in [3.8, 4) is 78.7 Å². The molecule has 0 amide bonds. The van der Waals surface area contributed by atoms with E-state index in [-0.39, 0.29) is 5.41 Å². The van der Waals surface area contributed by atoms with Gasteiger partial charge < -0.3 is 0 Å². The molecule has 0 bridgehead atoms. The molecule has 67 heavy (non-hydrogen) atoms. The van der Waals surface area contributed by atoms with E-state index in [1.807, 2.05) is 24.3 Å². The van der Waals surface area contributed by atoms with Crippen molar-refractivity contribution in [2.45, 2.75) is 5.41 Å². The molecule has 0 unspecified atom stereocenters. The Balaban J connectivity index is 0.955. The van der Waals surface area contributed by atoms with E-state index in [0.717, 1.165) is 33.0 Å². The average Bonchev–Trinajstić information content (AvgIpc) is 3.88. The van der Waals surface area contributed by atoms with Gasteiger partial charge in [-0.15, -0.1) is 0 Å². The SMILES string of the molecule is c1ccc(-c2ccc(-c3nc(-c4ccccc4)nc(-c4cccc5c6ccccc6c6cc(-c7ccc8c(c7)-c7ccccc7C87c8ccccc8-c8ccccc87)ccc6c45)n3)cc2)cc1. The van der Waals surface area contributed by atoms with Crippen molar-refractivity contribution in [1.82, 2.24) is 15.0 Å². The van der Waals surface area contributed by atoms with Crippen LogP contribution in [0, 0.1) is 0 Å². The van der Waals surface area contributed by atoms with Gasteiger partial charge in [0.2, 0.25) is 0 Å². The number of aromatic nitrogens is 3. The molecule has 0 atom stereocenters. The van der Waals surface area contributed by atoms with Crippen molar-refractivity contribution in [2.75, 3.05) is 0 Å². The maximum absolute atomic E-state index is 5.29. The van der Waals surface area contributed by atoms with E-state index in [4.69, 9.17) is 15.0 Å². The van der Waals surface area contributed by atoms with Gasteiger partial charge in [-0.3, -0.25) is 0 Å². The highest BCUT2D eigenvalue weighted by Gasteiger charge is 2.51. The first kappa shape index (κ1) is 37.6. The molecule has 0 N–H and O–H groups in total. The number of benzene rings is 11. The van der Waals surface area contributed by atoms with Crippen molar-refractivity contribution in [3.05, 3.63) is 259 Å². The average molecular weight is 850 g/mol. The van der Waals surface area contributed by atoms with Crippen LogP contribution in [0.1, 0.15) is 22.3 Å². The summed E-state index contributed by atoms with van der Waals surface area (Å²) in [5.41, 5.74) is 17.8. The van der Waals surface area contributed by atoms with Gasteiger partial charge >= 0.3 is 0 Å². The van der Waals surface area contributed by atoms with E-state index >= 15 is 0 Å². The van der Waals surface area contributed by atoms with Gasteiger partial charge in [0.05, 0.1) is 5.41 Å². The van der Waals surface area contributed by atoms with Gasteiger partial charge in [0.15, 0.2) is 17.5 Å². The lowest BCUT2D eigenvalue weighted by atomic mass is 9.70. The molecule has 0 saturated carbocycles. The van der Waals surface area contributed by atoms with Gasteiger partial charge in [-0.2, -0.15) is 0 Å². The Bertz CT molecular complexity index is 3920. The summed E-state index contributed by atoms with van der Waals surface area (Å²) in [6.07, 6.45) is 0. The van der Waals surface area contributed by atoms with Crippen molar-refractivity contribution in [3.63, 3.8) is 0 Å². The highest BCUT2D eigenvalue weighted by Crippen LogP contribution is 2.63. The zero-order valence-corrected chi connectivity index (χ0v) is 36.4. The first-order chi connectivity index (χ1) is 33.2. The van der Waals surface area contributed by atoms with Crippen LogP contribution in [0.5, 0.6) is 0 Å². The molecule has 3 nitrogen and oxygen atoms in total. The van der Waals surface area contributed by atoms with Crippen LogP contribution in [0.2, 0.25) is 0 Å². The first-order valence-electron chi connectivity index (χ1n) is 23.0. The molecular weight excluding hydrogens is 811 g/mol. The Labute approximate surface area is 388 Å². The molecule has 3 heteroatoms. The zero-order valence-electron chi connectivity index (χ0n) is 36.4. The summed E-state index contributed by atoms with van der Waals surface area (Å²) in [5, 5.41) is 7.06. The maximum atomic E-state index is 5.29. The fourth-order valence-electron chi connectivity index (χ4n) is 11.4. The highest BCUT2D eigenvalue weighted by molar-refractivity contribution is 6.28. The third-order valence-corrected chi connectivity index (χ3v) is 14.3. The largest absolute Gasteiger partial charge is 0.208 e. The minimum absolute atomic E-state index is 0.368. The summed E-state index contributed by atoms with van der Waals surface area (Å²) < 4.78 is 0. The minimum atomic E-state index is -0.368. The van der Waals surface area contributed by atoms with Crippen LogP contribution in [0.3, 0.4) is 0 Å². The molecule has 11 aromatic carbocycles. The lowest BCUT2D eigenvalue weighted by molar-refractivity contribution is 0.794. The molecule has 1 heterocycles. The van der Waals surface area contributed by atoms with Crippen LogP contribution in [-0.2, 0) is 5.41 Å². The van der Waals surface area contributed by atoms with Gasteiger partial charge in [0, 0.05) is 22.1 Å². The predicted octanol–water partition coefficient (Wildman–Crippen LogP) is 16.0. The Morgan fingerprint density at radius 3 is 1.28 bits per heavy atom. The van der Waals surface area contributed by atoms with Gasteiger partial charge in [-0.25, -0.2) is 15.0 Å². The second-order valence-electron chi connectivity index (χ2n) is 17.8. The van der Waals surface area contributed by atoms with Crippen LogP contribution in [-0.4, -0.2) is 15.0 Å². The maximum Gasteiger partial charge on any atom is 0.164 e. The molecule has 2 aliphatic carbocycles. The highest BCUT2D eigenvalue weighted by atomic mass is 15.0. The molecule has 0 saturated heterocycles. The number of hydrogen-bond donors (Lipinski definition) is 0. The predicted molar refractivity (Wildman–Crippen MR) is 276 cm³/mol. The molecule has 1 aromatic heterocycles. The topological polar surface area (TPSA) is 38.7 Å². The van der Waals surface area contributed by atoms with Crippen LogP contribution in [0.15, 0.2) is 237 Å². The standard InChI is InChI=1S/C64H39N3/c1-3-16-40(17-4-1)41-30-32-43(33-31-41)62-65-61(42-18-5-2-6-19-42)66-63(67-62)53-26-15-25-51-46-20-7-8-21-47(46)54-38-44(34-36-52(54)60(51)53)45-35-37-59-55(39-45)50-24-11-14-29-58(50)64(59)56-27-12-9-22-48(56)49-23-10-13-28-57(49)64/h1-39H. The van der Waals surface area contributed by atoms with Crippen molar-refractivity contribution in [2.24, 2.45) is 0 Å². The molecule has 12 aromatic rings. The van der Waals surface area contributed by atoms with Crippen LogP contribution < -0.4 is 0 Å². The molecule has 0 fully saturated rings. The van der Waals surface area contributed by atoms with E-state index in [2.05, 4.69) is 212 Å². The Hall–Kier alpha value is -8.79. The molecular formula is C64H39N3. The van der Waals surface area contributed by atoms with Crippen molar-refractivity contribution >= 4 is 32.3 Å². The number of fused-ring (bicyclic) bond motifs is 16. The summed E-state index contributed by atoms with van der Waals surface area (Å²) in [5.74, 6) is 1.92. The van der Waals surface area contributed by atoms with E-state index in [0.29, 0.717) is 17.5 Å². The summed E-state index contributed by atoms with van der Waals surface area (Å²) >= 11 is 0. The van der Waals surface area contributed by atoms with Gasteiger partial charge in [0.1, 0.15) is 0 Å². The molecule has 1 spiro atoms. The fourth-order valence-corrected chi connectivity index (χ4v) is 11.4. The monoisotopic (exact) mass is 849 g/mol. The quantitative estimate of drug-likeness (QED) is 0.162. The van der Waals surface area contributed by atoms with Crippen LogP contribution in [0.25, 0.3) is 111 Å². The Morgan fingerprint density at radius 1 is 0.224 bits per heavy atom. The van der Waals surface area contributed by atoms with E-state index < -0.39 is 0 Å². The lowest BCUT2D eigenvalue weighted by Gasteiger charge is -2.30. The normalized spacial score (nSPS) is 12.9. The third-order valence-electron chi connectivity index (χ3n) is 14.3. The van der Waals surface area contributed by atoms with Crippen molar-refractivity contribution in [1.29, 1.82) is 0 Å². The van der Waals surface area contributed by atoms with Crippen LogP contribution >= 0.6 is 0 Å². The molecule has 2 aliphatic rings. The zero-order chi connectivity index (χ0) is 44.1. The second kappa shape index (κ2) is 14.6. The molecule has 14 rings (SSSR count). The first-order valence-corrected chi connectivity index (χ1v) is 23.0. The summed E-state index contributed by atoms with van der Waals surface area (Å²) in [4.78, 5) is 15.6. The minimum Gasteiger partial charge on any atom is -0.208 e. The Kier molecular flexibility index (Phi) is 8.20. The lowest BCUT2D eigenvalue weighted by Crippen LogP contribution is -2.25. The second-order valence-corrected chi connectivity index (χ2v) is 17.8. The van der Waals surface area contributed by atoms with Crippen molar-refractivity contribution < 1.29 is 0 Å². The van der Waals surface area contributed by atoms with E-state index in [1.54, 1.807) is 0 Å². The molecule has 0 aliphatic heterocycles. The fraction of sp³-hybridized carbons (Fsp3) is 0.0156. The van der Waals surface area contributed by atoms with E-state index in [1.165, 1.54) is 82.7 Å². The Morgan fingerprint density at radius 2 is 0.627 bits per heavy atom. The summed E-state index contributed by atoms with van der Waals surface area (Å²) in [6, 6.07) is 85.8. The van der Waals surface area contributed by atoms with Gasteiger partial charge in [-0.1, -0.05) is 224 Å². The molecule has 0 radical (unpaired) electrons. The van der Waals surface area contributed by atoms with E-state index in [9.17, 15) is 0 Å². The number of rotatable bonds is 5. The summed E-state index contributed by atoms with van der Waals surface area (Å²) in [6.45, 7) is 0. The van der Waals surface area contributed by atoms with Gasteiger partial charge in [-0.05, 0) is 106 Å². The van der Waals surface area contributed by atoms with Gasteiger partial charge in [0.25, 0.3) is 0 Å². The molecule has 310 valence electrons. The van der Waals surface area contributed by atoms with Crippen LogP contribution in [0.4, 0.5) is 0 Å². The number of nitrogens with zero attached hydrogens (tertiary/aromatic N) is 3. The third kappa shape index (κ3) is 5.55. The summed E-state index contributed by atoms with van der Waals surface area (Å²) in [7, 11) is 0. The number of hydrogen-bond acceptors (Lipinski definition) is 3. The smallest absolute Gasteiger partial charge is 0.164 e.